The molecule has 0 radical (unpaired) electrons. The van der Waals surface area contributed by atoms with Crippen LogP contribution in [0.25, 0.3) is 22.5 Å². The number of H-pyrrole nitrogens is 1. The number of anilines is 1. The van der Waals surface area contributed by atoms with Crippen LogP contribution in [0, 0.1) is 5.82 Å². The molecule has 3 N–H and O–H groups in total. The summed E-state index contributed by atoms with van der Waals surface area (Å²) < 4.78 is 19.9. The third-order valence-corrected chi connectivity index (χ3v) is 4.49. The molecular formula is C19H16FN5O3. The lowest BCUT2D eigenvalue weighted by molar-refractivity contribution is -0.124. The molecule has 4 rings (SSSR count). The highest BCUT2D eigenvalue weighted by Gasteiger charge is 2.36. The molecule has 1 atom stereocenters. The van der Waals surface area contributed by atoms with E-state index in [1.807, 2.05) is 6.07 Å². The molecule has 0 spiro atoms. The van der Waals surface area contributed by atoms with E-state index in [0.717, 1.165) is 0 Å². The van der Waals surface area contributed by atoms with Crippen LogP contribution in [0.1, 0.15) is 0 Å². The van der Waals surface area contributed by atoms with Gasteiger partial charge in [0.1, 0.15) is 5.82 Å². The van der Waals surface area contributed by atoms with Crippen LogP contribution in [0.2, 0.25) is 0 Å². The number of hydrogen-bond acceptors (Lipinski definition) is 6. The number of carbonyl (C=O) groups is 2. The summed E-state index contributed by atoms with van der Waals surface area (Å²) in [7, 11) is 0. The van der Waals surface area contributed by atoms with Gasteiger partial charge in [-0.15, -0.1) is 0 Å². The van der Waals surface area contributed by atoms with Crippen molar-refractivity contribution in [3.8, 4) is 22.5 Å². The molecule has 9 heteroatoms. The van der Waals surface area contributed by atoms with E-state index in [0.29, 0.717) is 17.0 Å². The first-order valence-electron chi connectivity index (χ1n) is 8.54. The van der Waals surface area contributed by atoms with Crippen LogP contribution in [0.5, 0.6) is 0 Å². The van der Waals surface area contributed by atoms with Gasteiger partial charge < -0.3 is 10.5 Å². The molecular weight excluding hydrogens is 365 g/mol. The van der Waals surface area contributed by atoms with Gasteiger partial charge in [-0.2, -0.15) is 5.10 Å². The molecule has 3 heterocycles. The largest absolute Gasteiger partial charge is 0.436 e. The van der Waals surface area contributed by atoms with Crippen molar-refractivity contribution >= 4 is 17.6 Å². The van der Waals surface area contributed by atoms with Crippen molar-refractivity contribution in [2.45, 2.75) is 6.10 Å². The number of hydrogen-bond donors (Lipinski definition) is 2. The summed E-state index contributed by atoms with van der Waals surface area (Å²) in [4.78, 5) is 29.2. The van der Waals surface area contributed by atoms with Crippen LogP contribution < -0.4 is 10.6 Å². The number of ketones is 1. The smallest absolute Gasteiger partial charge is 0.415 e. The number of halogens is 1. The Hall–Kier alpha value is -3.59. The lowest BCUT2D eigenvalue weighted by atomic mass is 10.0. The summed E-state index contributed by atoms with van der Waals surface area (Å²) in [6, 6.07) is 9.76. The van der Waals surface area contributed by atoms with E-state index in [2.05, 4.69) is 15.2 Å². The maximum Gasteiger partial charge on any atom is 0.415 e. The van der Waals surface area contributed by atoms with Gasteiger partial charge in [0.2, 0.25) is 0 Å². The summed E-state index contributed by atoms with van der Waals surface area (Å²) in [6.07, 6.45) is 1.56. The fraction of sp³-hybridized carbons (Fsp3) is 0.158. The third kappa shape index (κ3) is 3.12. The van der Waals surface area contributed by atoms with E-state index >= 15 is 0 Å². The zero-order valence-electron chi connectivity index (χ0n) is 14.6. The highest BCUT2D eigenvalue weighted by molar-refractivity contribution is 5.97. The lowest BCUT2D eigenvalue weighted by Crippen LogP contribution is -2.32. The molecule has 8 nitrogen and oxygen atoms in total. The van der Waals surface area contributed by atoms with Crippen LogP contribution in [-0.4, -0.2) is 46.3 Å². The molecule has 0 aliphatic carbocycles. The second-order valence-corrected chi connectivity index (χ2v) is 6.19. The molecule has 142 valence electrons. The monoisotopic (exact) mass is 381 g/mol. The molecule has 1 aromatic carbocycles. The molecule has 3 aromatic rings. The number of benzene rings is 1. The second-order valence-electron chi connectivity index (χ2n) is 6.19. The van der Waals surface area contributed by atoms with E-state index < -0.39 is 18.0 Å². The van der Waals surface area contributed by atoms with E-state index in [4.69, 9.17) is 10.5 Å². The van der Waals surface area contributed by atoms with Crippen molar-refractivity contribution in [1.29, 1.82) is 0 Å². The number of pyridine rings is 1. The van der Waals surface area contributed by atoms with Crippen molar-refractivity contribution in [3.05, 3.63) is 54.6 Å². The molecule has 1 amide bonds. The Labute approximate surface area is 159 Å². The summed E-state index contributed by atoms with van der Waals surface area (Å²) in [5, 5.41) is 6.80. The quantitative estimate of drug-likeness (QED) is 0.700. The Kier molecular flexibility index (Phi) is 4.58. The average molecular weight is 381 g/mol. The maximum absolute atomic E-state index is 14.9. The van der Waals surface area contributed by atoms with Crippen LogP contribution in [0.4, 0.5) is 14.9 Å². The predicted octanol–water partition coefficient (Wildman–Crippen LogP) is 2.13. The van der Waals surface area contributed by atoms with Gasteiger partial charge in [0.25, 0.3) is 0 Å². The minimum Gasteiger partial charge on any atom is -0.436 e. The minimum atomic E-state index is -0.941. The maximum atomic E-state index is 14.9. The first kappa shape index (κ1) is 17.8. The fourth-order valence-electron chi connectivity index (χ4n) is 3.06. The summed E-state index contributed by atoms with van der Waals surface area (Å²) in [5.74, 6) is -0.939. The van der Waals surface area contributed by atoms with Gasteiger partial charge in [0.05, 0.1) is 36.4 Å². The van der Waals surface area contributed by atoms with Crippen molar-refractivity contribution in [2.75, 3.05) is 18.0 Å². The number of Topliss-reactive ketones (excluding diaryl/α,β-unsaturated/α-hetero) is 1. The molecule has 1 fully saturated rings. The fourth-order valence-corrected chi connectivity index (χ4v) is 3.06. The number of nitrogens with two attached hydrogens (primary N) is 1. The topological polar surface area (TPSA) is 114 Å². The molecule has 1 saturated heterocycles. The molecule has 1 aliphatic rings. The van der Waals surface area contributed by atoms with E-state index in [1.54, 1.807) is 30.6 Å². The first-order chi connectivity index (χ1) is 13.6. The Morgan fingerprint density at radius 1 is 1.32 bits per heavy atom. The second kappa shape index (κ2) is 7.20. The van der Waals surface area contributed by atoms with Gasteiger partial charge in [-0.05, 0) is 30.3 Å². The van der Waals surface area contributed by atoms with E-state index in [-0.39, 0.29) is 30.1 Å². The van der Waals surface area contributed by atoms with E-state index in [1.165, 1.54) is 17.0 Å². The molecule has 0 saturated carbocycles. The Bertz CT molecular complexity index is 1040. The minimum absolute atomic E-state index is 0.00308. The van der Waals surface area contributed by atoms with Gasteiger partial charge in [-0.3, -0.25) is 19.8 Å². The Morgan fingerprint density at radius 3 is 2.89 bits per heavy atom. The number of cyclic esters (lactones) is 1. The lowest BCUT2D eigenvalue weighted by Gasteiger charge is -2.14. The third-order valence-electron chi connectivity index (χ3n) is 4.49. The molecule has 2 aromatic heterocycles. The van der Waals surface area contributed by atoms with Crippen LogP contribution in [-0.2, 0) is 9.53 Å². The zero-order valence-corrected chi connectivity index (χ0v) is 14.6. The molecule has 1 aliphatic heterocycles. The van der Waals surface area contributed by atoms with Gasteiger partial charge in [0, 0.05) is 17.3 Å². The summed E-state index contributed by atoms with van der Waals surface area (Å²) in [5.41, 5.74) is 7.66. The SMILES string of the molecule is NCC(=O)C1CN(c2ccc(-c3[nH]ncc3-c3ccccn3)c(F)c2)C(=O)O1. The highest BCUT2D eigenvalue weighted by Crippen LogP contribution is 2.33. The van der Waals surface area contributed by atoms with E-state index in [9.17, 15) is 14.0 Å². The number of ether oxygens (including phenoxy) is 1. The highest BCUT2D eigenvalue weighted by atomic mass is 19.1. The van der Waals surface area contributed by atoms with Crippen molar-refractivity contribution < 1.29 is 18.7 Å². The number of aromatic amines is 1. The van der Waals surface area contributed by atoms with Crippen LogP contribution >= 0.6 is 0 Å². The van der Waals surface area contributed by atoms with Gasteiger partial charge in [-0.1, -0.05) is 6.07 Å². The van der Waals surface area contributed by atoms with Crippen molar-refractivity contribution in [2.24, 2.45) is 5.73 Å². The Balaban J connectivity index is 1.65. The zero-order chi connectivity index (χ0) is 19.7. The number of nitrogens with one attached hydrogen (secondary N) is 1. The number of rotatable bonds is 5. The van der Waals surface area contributed by atoms with Crippen LogP contribution in [0.3, 0.4) is 0 Å². The standard InChI is InChI=1S/C19H16FN5O3/c20-14-7-11(25-10-17(16(26)8-21)28-19(25)27)4-5-12(14)18-13(9-23-24-18)15-3-1-2-6-22-15/h1-7,9,17H,8,10,21H2,(H,23,24). The van der Waals surface area contributed by atoms with Crippen molar-refractivity contribution in [3.63, 3.8) is 0 Å². The van der Waals surface area contributed by atoms with Crippen molar-refractivity contribution in [1.82, 2.24) is 15.2 Å². The molecule has 1 unspecified atom stereocenters. The number of nitrogens with zero attached hydrogens (tertiary/aromatic N) is 3. The van der Waals surface area contributed by atoms with Gasteiger partial charge in [0.15, 0.2) is 11.9 Å². The summed E-state index contributed by atoms with van der Waals surface area (Å²) >= 11 is 0. The average Bonchev–Trinajstić information content (AvgIpc) is 3.35. The molecule has 0 bridgehead atoms. The van der Waals surface area contributed by atoms with Gasteiger partial charge >= 0.3 is 6.09 Å². The first-order valence-corrected chi connectivity index (χ1v) is 8.54. The Morgan fingerprint density at radius 2 is 2.18 bits per heavy atom. The molecule has 28 heavy (non-hydrogen) atoms. The summed E-state index contributed by atoms with van der Waals surface area (Å²) in [6.45, 7) is -0.230. The number of amides is 1. The van der Waals surface area contributed by atoms with Crippen LogP contribution in [0.15, 0.2) is 48.8 Å². The number of aromatic nitrogens is 3. The number of carbonyl (C=O) groups excluding carboxylic acids is 2. The normalized spacial score (nSPS) is 16.3. The van der Waals surface area contributed by atoms with Gasteiger partial charge in [-0.25, -0.2) is 9.18 Å². The predicted molar refractivity (Wildman–Crippen MR) is 98.9 cm³/mol.